The van der Waals surface area contributed by atoms with Gasteiger partial charge in [-0.25, -0.2) is 4.79 Å². The molecule has 4 rings (SSSR count). The number of amides is 1. The first-order valence-corrected chi connectivity index (χ1v) is 9.06. The van der Waals surface area contributed by atoms with E-state index in [-0.39, 0.29) is 12.1 Å². The Morgan fingerprint density at radius 3 is 1.89 bits per heavy atom. The van der Waals surface area contributed by atoms with E-state index < -0.39 is 12.1 Å². The van der Waals surface area contributed by atoms with Crippen molar-refractivity contribution in [3.8, 4) is 5.75 Å². The number of hydrogen-bond donors (Lipinski definition) is 1. The number of carbonyl (C=O) groups excluding carboxylic acids is 2. The van der Waals surface area contributed by atoms with Crippen molar-refractivity contribution in [1.82, 2.24) is 5.32 Å². The van der Waals surface area contributed by atoms with E-state index in [9.17, 15) is 9.59 Å². The van der Waals surface area contributed by atoms with E-state index in [1.807, 2.05) is 60.7 Å². The zero-order valence-corrected chi connectivity index (χ0v) is 15.1. The molecule has 1 unspecified atom stereocenters. The van der Waals surface area contributed by atoms with Crippen LogP contribution in [-0.4, -0.2) is 18.1 Å². The van der Waals surface area contributed by atoms with Crippen molar-refractivity contribution in [3.05, 3.63) is 102 Å². The summed E-state index contributed by atoms with van der Waals surface area (Å²) in [4.78, 5) is 23.7. The molecule has 0 spiro atoms. The van der Waals surface area contributed by atoms with Crippen molar-refractivity contribution in [2.75, 3.05) is 0 Å². The van der Waals surface area contributed by atoms with Crippen molar-refractivity contribution in [1.29, 1.82) is 0 Å². The smallest absolute Gasteiger partial charge is 0.339 e. The van der Waals surface area contributed by atoms with Crippen LogP contribution in [0.5, 0.6) is 5.75 Å². The van der Waals surface area contributed by atoms with Crippen molar-refractivity contribution in [2.24, 2.45) is 0 Å². The lowest BCUT2D eigenvalue weighted by atomic mass is 10.0. The summed E-state index contributed by atoms with van der Waals surface area (Å²) in [5, 5.41) is 2.64. The van der Waals surface area contributed by atoms with Gasteiger partial charge in [-0.1, -0.05) is 60.7 Å². The number of benzene rings is 3. The van der Waals surface area contributed by atoms with E-state index >= 15 is 0 Å². The zero-order chi connectivity index (χ0) is 19.3. The summed E-state index contributed by atoms with van der Waals surface area (Å²) in [7, 11) is 0. The molecule has 1 heterocycles. The molecule has 0 aliphatic carbocycles. The molecule has 1 fully saturated rings. The number of nitrogens with one attached hydrogen (secondary N) is 1. The van der Waals surface area contributed by atoms with Gasteiger partial charge in [-0.3, -0.25) is 4.79 Å². The fourth-order valence-electron chi connectivity index (χ4n) is 2.99. The number of β-lactam (4-membered cyclic amide) rings is 1. The Bertz CT molecular complexity index is 907. The molecule has 5 heteroatoms. The van der Waals surface area contributed by atoms with Gasteiger partial charge >= 0.3 is 5.97 Å². The fraction of sp³-hybridized carbons (Fsp3) is 0.130. The van der Waals surface area contributed by atoms with E-state index in [1.165, 1.54) is 0 Å². The maximum absolute atomic E-state index is 12.7. The first kappa shape index (κ1) is 17.8. The lowest BCUT2D eigenvalue weighted by molar-refractivity contribution is -0.134. The van der Waals surface area contributed by atoms with Crippen molar-refractivity contribution >= 4 is 11.9 Å². The predicted molar refractivity (Wildman–Crippen MR) is 104 cm³/mol. The van der Waals surface area contributed by atoms with E-state index in [0.717, 1.165) is 11.1 Å². The molecule has 0 bridgehead atoms. The summed E-state index contributed by atoms with van der Waals surface area (Å²) in [6.07, 6.45) is -0.443. The van der Waals surface area contributed by atoms with Gasteiger partial charge in [-0.05, 0) is 35.4 Å². The molecule has 1 aliphatic rings. The molecule has 0 aromatic heterocycles. The molecular formula is C23H19NO4. The normalized spacial score (nSPS) is 15.5. The number of rotatable bonds is 6. The number of hydrogen-bond acceptors (Lipinski definition) is 4. The second-order valence-corrected chi connectivity index (χ2v) is 6.51. The molecule has 3 aromatic carbocycles. The molecule has 0 radical (unpaired) electrons. The van der Waals surface area contributed by atoms with Crippen molar-refractivity contribution < 1.29 is 19.1 Å². The molecule has 140 valence electrons. The standard InChI is InChI=1S/C23H19NO4/c25-20-15-21(24-20)27-19-13-11-18(12-14-19)23(26)28-22(16-7-3-1-4-8-16)17-9-5-2-6-10-17/h1-14,21-22H,15H2,(H,24,25). The Kier molecular flexibility index (Phi) is 5.06. The number of esters is 1. The topological polar surface area (TPSA) is 64.6 Å². The molecule has 3 aromatic rings. The second kappa shape index (κ2) is 7.96. The molecule has 1 saturated heterocycles. The van der Waals surface area contributed by atoms with E-state index in [2.05, 4.69) is 5.32 Å². The minimum Gasteiger partial charge on any atom is -0.470 e. The highest BCUT2D eigenvalue weighted by atomic mass is 16.5. The lowest BCUT2D eigenvalue weighted by Crippen LogP contribution is -2.51. The van der Waals surface area contributed by atoms with Crippen LogP contribution < -0.4 is 10.1 Å². The van der Waals surface area contributed by atoms with Gasteiger partial charge in [0.2, 0.25) is 5.91 Å². The molecule has 28 heavy (non-hydrogen) atoms. The molecule has 1 amide bonds. The van der Waals surface area contributed by atoms with Gasteiger partial charge in [0.1, 0.15) is 5.75 Å². The summed E-state index contributed by atoms with van der Waals surface area (Å²) >= 11 is 0. The Hall–Kier alpha value is -3.60. The maximum atomic E-state index is 12.7. The van der Waals surface area contributed by atoms with Crippen LogP contribution in [0.3, 0.4) is 0 Å². The molecule has 1 atom stereocenters. The van der Waals surface area contributed by atoms with Crippen LogP contribution in [0.4, 0.5) is 0 Å². The molecule has 1 aliphatic heterocycles. The van der Waals surface area contributed by atoms with Gasteiger partial charge in [0.25, 0.3) is 0 Å². The SMILES string of the molecule is O=C1CC(Oc2ccc(C(=O)OC(c3ccccc3)c3ccccc3)cc2)N1. The summed E-state index contributed by atoms with van der Waals surface area (Å²) in [6.45, 7) is 0. The predicted octanol–water partition coefficient (Wildman–Crippen LogP) is 3.86. The molecule has 1 N–H and O–H groups in total. The van der Waals surface area contributed by atoms with Crippen LogP contribution >= 0.6 is 0 Å². The number of carbonyl (C=O) groups is 2. The van der Waals surface area contributed by atoms with Crippen molar-refractivity contribution in [2.45, 2.75) is 18.8 Å². The average molecular weight is 373 g/mol. The second-order valence-electron chi connectivity index (χ2n) is 6.51. The van der Waals surface area contributed by atoms with Crippen LogP contribution in [0.2, 0.25) is 0 Å². The van der Waals surface area contributed by atoms with Gasteiger partial charge in [0.05, 0.1) is 12.0 Å². The Morgan fingerprint density at radius 1 is 0.857 bits per heavy atom. The van der Waals surface area contributed by atoms with E-state index in [4.69, 9.17) is 9.47 Å². The van der Waals surface area contributed by atoms with Crippen molar-refractivity contribution in [3.63, 3.8) is 0 Å². The van der Waals surface area contributed by atoms with Gasteiger partial charge in [0, 0.05) is 0 Å². The summed E-state index contributed by atoms with van der Waals surface area (Å²) in [6, 6.07) is 26.0. The Balaban J connectivity index is 1.49. The van der Waals surface area contributed by atoms with Gasteiger partial charge in [-0.2, -0.15) is 0 Å². The van der Waals surface area contributed by atoms with Gasteiger partial charge in [-0.15, -0.1) is 0 Å². The van der Waals surface area contributed by atoms with Crippen LogP contribution in [-0.2, 0) is 9.53 Å². The Labute approximate surface area is 162 Å². The van der Waals surface area contributed by atoms with Crippen LogP contribution in [0.1, 0.15) is 34.0 Å². The third-order valence-corrected chi connectivity index (χ3v) is 4.49. The van der Waals surface area contributed by atoms with Crippen LogP contribution in [0.25, 0.3) is 0 Å². The zero-order valence-electron chi connectivity index (χ0n) is 15.1. The minimum absolute atomic E-state index is 0.0296. The van der Waals surface area contributed by atoms with Crippen LogP contribution in [0, 0.1) is 0 Å². The quantitative estimate of drug-likeness (QED) is 0.526. The van der Waals surface area contributed by atoms with Crippen LogP contribution in [0.15, 0.2) is 84.9 Å². The third kappa shape index (κ3) is 4.04. The summed E-state index contributed by atoms with van der Waals surface area (Å²) in [5.74, 6) is 0.142. The third-order valence-electron chi connectivity index (χ3n) is 4.49. The first-order valence-electron chi connectivity index (χ1n) is 9.06. The van der Waals surface area contributed by atoms with Gasteiger partial charge < -0.3 is 14.8 Å². The lowest BCUT2D eigenvalue weighted by Gasteiger charge is -2.27. The summed E-state index contributed by atoms with van der Waals surface area (Å²) in [5.41, 5.74) is 2.24. The Morgan fingerprint density at radius 2 is 1.39 bits per heavy atom. The first-order chi connectivity index (χ1) is 13.7. The minimum atomic E-state index is -0.490. The highest BCUT2D eigenvalue weighted by Crippen LogP contribution is 2.27. The monoisotopic (exact) mass is 373 g/mol. The fourth-order valence-corrected chi connectivity index (χ4v) is 2.99. The highest BCUT2D eigenvalue weighted by Gasteiger charge is 2.27. The van der Waals surface area contributed by atoms with E-state index in [1.54, 1.807) is 24.3 Å². The largest absolute Gasteiger partial charge is 0.470 e. The summed E-state index contributed by atoms with van der Waals surface area (Å²) < 4.78 is 11.4. The molecule has 5 nitrogen and oxygen atoms in total. The number of ether oxygens (including phenoxy) is 2. The van der Waals surface area contributed by atoms with Gasteiger partial charge in [0.15, 0.2) is 12.3 Å². The average Bonchev–Trinajstić information content (AvgIpc) is 2.72. The van der Waals surface area contributed by atoms with E-state index in [0.29, 0.717) is 17.7 Å². The molecule has 0 saturated carbocycles. The maximum Gasteiger partial charge on any atom is 0.339 e. The highest BCUT2D eigenvalue weighted by molar-refractivity contribution is 5.90. The molecular weight excluding hydrogens is 354 g/mol.